The smallest absolute Gasteiger partial charge is 0.493 e. The molecule has 1 atom stereocenters. The van der Waals surface area contributed by atoms with E-state index in [0.29, 0.717) is 12.4 Å². The molecule has 0 unspecified atom stereocenters. The second-order valence-electron chi connectivity index (χ2n) is 5.84. The molecule has 2 aromatic rings. The number of benzene rings is 2. The zero-order valence-corrected chi connectivity index (χ0v) is 15.3. The molecule has 0 N–H and O–H groups in total. The van der Waals surface area contributed by atoms with Gasteiger partial charge < -0.3 is 9.47 Å². The van der Waals surface area contributed by atoms with Crippen LogP contribution in [0.1, 0.15) is 18.9 Å². The lowest BCUT2D eigenvalue weighted by molar-refractivity contribution is -0.274. The maximum atomic E-state index is 12.1. The fraction of sp³-hybridized carbons (Fsp3) is 0.368. The largest absolute Gasteiger partial charge is 0.573 e. The number of alkyl halides is 3. The molecule has 0 aromatic heterocycles. The summed E-state index contributed by atoms with van der Waals surface area (Å²) < 4.78 is 45.9. The van der Waals surface area contributed by atoms with Gasteiger partial charge in [0.2, 0.25) is 0 Å². The number of halogens is 3. The normalized spacial score (nSPS) is 12.7. The summed E-state index contributed by atoms with van der Waals surface area (Å²) in [6, 6.07) is 10.6. The predicted octanol–water partition coefficient (Wildman–Crippen LogP) is 6.23. The summed E-state index contributed by atoms with van der Waals surface area (Å²) in [4.78, 5) is 1.04. The standard InChI is InChI=1S/C19H20F3O3S/c1-3-14(12-26-17-8-9-18(23)13(2)10-17)11-24-15-4-6-16(7-5-15)25-19(20,21)22/h4-10,14H,3,11-12H2,1-2H3/t14-/m1/s1. The molecule has 0 aliphatic heterocycles. The first kappa shape index (κ1) is 20.3. The van der Waals surface area contributed by atoms with Crippen LogP contribution in [-0.4, -0.2) is 18.7 Å². The number of hydrogen-bond acceptors (Lipinski definition) is 3. The van der Waals surface area contributed by atoms with Gasteiger partial charge in [0, 0.05) is 16.6 Å². The molecule has 0 aliphatic rings. The lowest BCUT2D eigenvalue weighted by Gasteiger charge is -2.16. The van der Waals surface area contributed by atoms with Crippen LogP contribution in [0.25, 0.3) is 0 Å². The second kappa shape index (κ2) is 9.07. The van der Waals surface area contributed by atoms with Crippen LogP contribution in [-0.2, 0) is 5.11 Å². The van der Waals surface area contributed by atoms with Crippen molar-refractivity contribution in [2.75, 3.05) is 12.4 Å². The first-order chi connectivity index (χ1) is 12.3. The van der Waals surface area contributed by atoms with Crippen LogP contribution in [0.4, 0.5) is 13.2 Å². The highest BCUT2D eigenvalue weighted by molar-refractivity contribution is 7.99. The van der Waals surface area contributed by atoms with E-state index in [9.17, 15) is 18.3 Å². The molecule has 0 saturated heterocycles. The molecule has 1 radical (unpaired) electrons. The molecule has 0 amide bonds. The lowest BCUT2D eigenvalue weighted by Crippen LogP contribution is -2.17. The van der Waals surface area contributed by atoms with Gasteiger partial charge in [-0.05, 0) is 61.4 Å². The third-order valence-corrected chi connectivity index (χ3v) is 4.98. The van der Waals surface area contributed by atoms with Gasteiger partial charge >= 0.3 is 6.36 Å². The molecule has 0 saturated carbocycles. The summed E-state index contributed by atoms with van der Waals surface area (Å²) in [5, 5.41) is 11.4. The molecular formula is C19H20F3O3S. The third kappa shape index (κ3) is 6.71. The van der Waals surface area contributed by atoms with Crippen LogP contribution in [0.5, 0.6) is 17.2 Å². The fourth-order valence-corrected chi connectivity index (χ4v) is 3.35. The average molecular weight is 385 g/mol. The Hall–Kier alpha value is -2.02. The number of thioether (sulfide) groups is 1. The van der Waals surface area contributed by atoms with E-state index in [0.717, 1.165) is 22.6 Å². The number of aryl methyl sites for hydroxylation is 1. The van der Waals surface area contributed by atoms with Gasteiger partial charge in [-0.25, -0.2) is 0 Å². The summed E-state index contributed by atoms with van der Waals surface area (Å²) in [6.07, 6.45) is -3.80. The zero-order valence-electron chi connectivity index (χ0n) is 14.5. The zero-order chi connectivity index (χ0) is 19.2. The van der Waals surface area contributed by atoms with Crippen LogP contribution in [0.3, 0.4) is 0 Å². The first-order valence-corrected chi connectivity index (χ1v) is 9.14. The van der Waals surface area contributed by atoms with Crippen molar-refractivity contribution in [2.24, 2.45) is 5.92 Å². The first-order valence-electron chi connectivity index (χ1n) is 8.16. The van der Waals surface area contributed by atoms with Crippen molar-refractivity contribution in [3.8, 4) is 17.2 Å². The molecule has 0 heterocycles. The molecule has 26 heavy (non-hydrogen) atoms. The Morgan fingerprint density at radius 1 is 1.08 bits per heavy atom. The summed E-state index contributed by atoms with van der Waals surface area (Å²) in [5.74, 6) is 1.35. The van der Waals surface area contributed by atoms with E-state index in [1.54, 1.807) is 24.8 Å². The second-order valence-corrected chi connectivity index (χ2v) is 6.94. The number of ether oxygens (including phenoxy) is 2. The molecule has 7 heteroatoms. The third-order valence-electron chi connectivity index (χ3n) is 3.75. The van der Waals surface area contributed by atoms with Crippen molar-refractivity contribution in [2.45, 2.75) is 31.5 Å². The van der Waals surface area contributed by atoms with Gasteiger partial charge in [-0.2, -0.15) is 0 Å². The summed E-state index contributed by atoms with van der Waals surface area (Å²) in [7, 11) is 0. The van der Waals surface area contributed by atoms with E-state index in [1.807, 2.05) is 12.1 Å². The maximum Gasteiger partial charge on any atom is 0.573 e. The molecule has 141 valence electrons. The van der Waals surface area contributed by atoms with Gasteiger partial charge in [-0.15, -0.1) is 24.9 Å². The van der Waals surface area contributed by atoms with Crippen LogP contribution in [0.15, 0.2) is 47.4 Å². The molecule has 0 aliphatic carbocycles. The van der Waals surface area contributed by atoms with Crippen LogP contribution < -0.4 is 9.47 Å². The van der Waals surface area contributed by atoms with E-state index in [4.69, 9.17) is 4.74 Å². The van der Waals surface area contributed by atoms with Gasteiger partial charge in [0.25, 0.3) is 0 Å². The van der Waals surface area contributed by atoms with Crippen molar-refractivity contribution in [1.82, 2.24) is 0 Å². The van der Waals surface area contributed by atoms with Crippen molar-refractivity contribution in [3.63, 3.8) is 0 Å². The van der Waals surface area contributed by atoms with E-state index in [-0.39, 0.29) is 17.4 Å². The van der Waals surface area contributed by atoms with E-state index >= 15 is 0 Å². The average Bonchev–Trinajstić information content (AvgIpc) is 2.58. The Kier molecular flexibility index (Phi) is 7.08. The van der Waals surface area contributed by atoms with Crippen LogP contribution >= 0.6 is 11.8 Å². The van der Waals surface area contributed by atoms with Gasteiger partial charge in [-0.1, -0.05) is 6.92 Å². The van der Waals surface area contributed by atoms with E-state index < -0.39 is 6.36 Å². The summed E-state index contributed by atoms with van der Waals surface area (Å²) in [5.41, 5.74) is 0.723. The topological polar surface area (TPSA) is 38.4 Å². The molecule has 3 nitrogen and oxygen atoms in total. The molecular weight excluding hydrogens is 365 g/mol. The van der Waals surface area contributed by atoms with Crippen molar-refractivity contribution in [1.29, 1.82) is 0 Å². The predicted molar refractivity (Wildman–Crippen MR) is 94.4 cm³/mol. The summed E-state index contributed by atoms with van der Waals surface area (Å²) in [6.45, 7) is 4.31. The number of hydrogen-bond donors (Lipinski definition) is 0. The van der Waals surface area contributed by atoms with Gasteiger partial charge in [0.05, 0.1) is 6.61 Å². The molecule has 0 fully saturated rings. The van der Waals surface area contributed by atoms with Gasteiger partial charge in [-0.3, -0.25) is 5.11 Å². The van der Waals surface area contributed by atoms with E-state index in [1.165, 1.54) is 24.3 Å². The molecule has 2 rings (SSSR count). The Labute approximate surface area is 155 Å². The molecule has 0 bridgehead atoms. The Bertz CT molecular complexity index is 702. The monoisotopic (exact) mass is 385 g/mol. The van der Waals surface area contributed by atoms with Crippen molar-refractivity contribution in [3.05, 3.63) is 48.0 Å². The quantitative estimate of drug-likeness (QED) is 0.505. The van der Waals surface area contributed by atoms with Gasteiger partial charge in [0.15, 0.2) is 5.75 Å². The maximum absolute atomic E-state index is 12.1. The Morgan fingerprint density at radius 3 is 2.31 bits per heavy atom. The van der Waals surface area contributed by atoms with E-state index in [2.05, 4.69) is 11.7 Å². The van der Waals surface area contributed by atoms with Crippen molar-refractivity contribution >= 4 is 11.8 Å². The number of rotatable bonds is 8. The van der Waals surface area contributed by atoms with Crippen LogP contribution in [0.2, 0.25) is 0 Å². The Balaban J connectivity index is 1.83. The molecule has 2 aromatic carbocycles. The minimum atomic E-state index is -4.70. The van der Waals surface area contributed by atoms with Crippen LogP contribution in [0, 0.1) is 12.8 Å². The SMILES string of the molecule is CC[C@H](COc1ccc(OC(F)(F)F)cc1)CSc1ccc([O])c(C)c1. The fourth-order valence-electron chi connectivity index (χ4n) is 2.16. The van der Waals surface area contributed by atoms with Gasteiger partial charge in [0.1, 0.15) is 11.5 Å². The highest BCUT2D eigenvalue weighted by atomic mass is 32.2. The minimum absolute atomic E-state index is 0.0303. The lowest BCUT2D eigenvalue weighted by atomic mass is 10.1. The molecule has 0 spiro atoms. The minimum Gasteiger partial charge on any atom is -0.493 e. The summed E-state index contributed by atoms with van der Waals surface area (Å²) >= 11 is 1.66. The highest BCUT2D eigenvalue weighted by Gasteiger charge is 2.30. The van der Waals surface area contributed by atoms with Crippen molar-refractivity contribution < 1.29 is 27.8 Å². The highest BCUT2D eigenvalue weighted by Crippen LogP contribution is 2.28. The Morgan fingerprint density at radius 2 is 1.73 bits per heavy atom.